The molecule has 0 radical (unpaired) electrons. The molecule has 0 aromatic rings. The maximum Gasteiger partial charge on any atom is 0.450 e. The second-order valence-corrected chi connectivity index (χ2v) is 3.74. The zero-order chi connectivity index (χ0) is 12.7. The van der Waals surface area contributed by atoms with Gasteiger partial charge in [0.15, 0.2) is 0 Å². The number of alkyl halides is 5. The van der Waals surface area contributed by atoms with Crippen LogP contribution in [0.1, 0.15) is 13.3 Å². The molecule has 7 heteroatoms. The minimum Gasteiger partial charge on any atom is -0.303 e. The number of carbonyl (C=O) groups excluding carboxylic acids is 2. The van der Waals surface area contributed by atoms with E-state index in [0.717, 1.165) is 0 Å². The summed E-state index contributed by atoms with van der Waals surface area (Å²) in [6, 6.07) is 0. The number of rotatable bonds is 4. The van der Waals surface area contributed by atoms with Crippen LogP contribution in [0.3, 0.4) is 0 Å². The molecule has 92 valence electrons. The largest absolute Gasteiger partial charge is 0.450 e. The summed E-state index contributed by atoms with van der Waals surface area (Å²) in [4.78, 5) is 21.1. The van der Waals surface area contributed by atoms with Gasteiger partial charge < -0.3 is 4.79 Å². The van der Waals surface area contributed by atoms with Gasteiger partial charge in [-0.2, -0.15) is 13.2 Å². The molecule has 0 bridgehead atoms. The number of ketones is 1. The van der Waals surface area contributed by atoms with E-state index in [1.807, 2.05) is 0 Å². The van der Waals surface area contributed by atoms with Gasteiger partial charge in [0.25, 0.3) is 5.92 Å². The van der Waals surface area contributed by atoms with E-state index in [-0.39, 0.29) is 12.7 Å². The topological polar surface area (TPSA) is 34.1 Å². The fraction of sp³-hybridized carbons (Fsp3) is 0.778. The Balaban J connectivity index is 2.87. The average molecular weight is 244 g/mol. The van der Waals surface area contributed by atoms with Crippen LogP contribution < -0.4 is 0 Å². The number of Topliss-reactive ketones (excluding diaryl/α,β-unsaturated/α-hetero) is 1. The number of hydrogen-bond acceptors (Lipinski definition) is 2. The molecule has 16 heavy (non-hydrogen) atoms. The van der Waals surface area contributed by atoms with Crippen molar-refractivity contribution in [1.29, 1.82) is 0 Å². The van der Waals surface area contributed by atoms with Gasteiger partial charge in [-0.1, -0.05) is 6.92 Å². The molecule has 1 aliphatic carbocycles. The molecule has 3 atom stereocenters. The monoisotopic (exact) mass is 244 g/mol. The Morgan fingerprint density at radius 2 is 1.94 bits per heavy atom. The summed E-state index contributed by atoms with van der Waals surface area (Å²) >= 11 is 0. The van der Waals surface area contributed by atoms with Crippen molar-refractivity contribution in [3.8, 4) is 0 Å². The lowest BCUT2D eigenvalue weighted by atomic mass is 9.97. The van der Waals surface area contributed by atoms with E-state index in [1.165, 1.54) is 6.92 Å². The molecule has 0 saturated heterocycles. The molecular formula is C9H9F5O2. The lowest BCUT2D eigenvalue weighted by Gasteiger charge is -2.10. The molecule has 1 fully saturated rings. The second kappa shape index (κ2) is 3.78. The molecule has 0 spiro atoms. The zero-order valence-electron chi connectivity index (χ0n) is 8.22. The van der Waals surface area contributed by atoms with Crippen LogP contribution in [0.5, 0.6) is 0 Å². The molecular weight excluding hydrogens is 235 g/mol. The lowest BCUT2D eigenvalue weighted by molar-refractivity contribution is -0.177. The highest BCUT2D eigenvalue weighted by Crippen LogP contribution is 2.60. The van der Waals surface area contributed by atoms with Crippen molar-refractivity contribution in [1.82, 2.24) is 0 Å². The van der Waals surface area contributed by atoms with Gasteiger partial charge in [0.1, 0.15) is 6.29 Å². The highest BCUT2D eigenvalue weighted by Gasteiger charge is 2.72. The van der Waals surface area contributed by atoms with Crippen LogP contribution in [0, 0.1) is 17.8 Å². The predicted molar refractivity (Wildman–Crippen MR) is 42.8 cm³/mol. The van der Waals surface area contributed by atoms with Crippen LogP contribution in [0.25, 0.3) is 0 Å². The predicted octanol–water partition coefficient (Wildman–Crippen LogP) is 2.22. The summed E-state index contributed by atoms with van der Waals surface area (Å²) in [5.41, 5.74) is 0. The molecule has 0 N–H and O–H groups in total. The van der Waals surface area contributed by atoms with Crippen molar-refractivity contribution < 1.29 is 31.5 Å². The van der Waals surface area contributed by atoms with E-state index in [0.29, 0.717) is 0 Å². The van der Waals surface area contributed by atoms with Crippen molar-refractivity contribution in [2.75, 3.05) is 0 Å². The van der Waals surface area contributed by atoms with Gasteiger partial charge in [-0.15, -0.1) is 0 Å². The Morgan fingerprint density at radius 3 is 2.19 bits per heavy atom. The van der Waals surface area contributed by atoms with Gasteiger partial charge in [0.05, 0.1) is 5.92 Å². The van der Waals surface area contributed by atoms with Gasteiger partial charge >= 0.3 is 6.18 Å². The second-order valence-electron chi connectivity index (χ2n) is 3.74. The minimum atomic E-state index is -5.25. The van der Waals surface area contributed by atoms with Crippen molar-refractivity contribution in [2.24, 2.45) is 17.8 Å². The first kappa shape index (κ1) is 13.1. The summed E-state index contributed by atoms with van der Waals surface area (Å²) in [5, 5.41) is 0. The van der Waals surface area contributed by atoms with Crippen LogP contribution in [0.4, 0.5) is 22.0 Å². The summed E-state index contributed by atoms with van der Waals surface area (Å²) in [7, 11) is 0. The number of aldehydes is 1. The average Bonchev–Trinajstić information content (AvgIpc) is 2.68. The zero-order valence-corrected chi connectivity index (χ0v) is 8.22. The van der Waals surface area contributed by atoms with Crippen molar-refractivity contribution in [3.05, 3.63) is 0 Å². The van der Waals surface area contributed by atoms with Crippen LogP contribution in [0.15, 0.2) is 0 Å². The smallest absolute Gasteiger partial charge is 0.303 e. The highest BCUT2D eigenvalue weighted by molar-refractivity contribution is 5.97. The van der Waals surface area contributed by atoms with E-state index in [1.54, 1.807) is 0 Å². The molecule has 1 aliphatic rings. The first-order chi connectivity index (χ1) is 7.17. The molecule has 0 aliphatic heterocycles. The third-order valence-corrected chi connectivity index (χ3v) is 2.82. The van der Waals surface area contributed by atoms with Gasteiger partial charge in [-0.05, 0) is 6.42 Å². The Kier molecular flexibility index (Phi) is 3.08. The van der Waals surface area contributed by atoms with E-state index in [9.17, 15) is 31.5 Å². The fourth-order valence-electron chi connectivity index (χ4n) is 1.93. The van der Waals surface area contributed by atoms with E-state index in [4.69, 9.17) is 0 Å². The van der Waals surface area contributed by atoms with Crippen LogP contribution >= 0.6 is 0 Å². The highest BCUT2D eigenvalue weighted by atomic mass is 19.4. The normalized spacial score (nSPS) is 29.6. The molecule has 0 amide bonds. The maximum atomic E-state index is 13.0. The Bertz CT molecular complexity index is 310. The molecule has 0 aromatic heterocycles. The molecule has 1 saturated carbocycles. The standard InChI is InChI=1S/C9H9F5O2/c1-2-5-6(8(5,10)11)4(3-15)7(16)9(12,13)14/h3-6H,2H2,1H3. The molecule has 3 unspecified atom stereocenters. The Labute approximate surface area is 87.8 Å². The summed E-state index contributed by atoms with van der Waals surface area (Å²) < 4.78 is 61.9. The van der Waals surface area contributed by atoms with E-state index in [2.05, 4.69) is 0 Å². The van der Waals surface area contributed by atoms with Gasteiger partial charge in [0, 0.05) is 11.8 Å². The number of carbonyl (C=O) groups is 2. The van der Waals surface area contributed by atoms with Gasteiger partial charge in [-0.25, -0.2) is 8.78 Å². The molecule has 0 aromatic carbocycles. The molecule has 2 nitrogen and oxygen atoms in total. The van der Waals surface area contributed by atoms with Crippen LogP contribution in [-0.4, -0.2) is 24.2 Å². The summed E-state index contributed by atoms with van der Waals surface area (Å²) in [5.74, 6) is -11.1. The van der Waals surface area contributed by atoms with Crippen LogP contribution in [0.2, 0.25) is 0 Å². The quantitative estimate of drug-likeness (QED) is 0.431. The summed E-state index contributed by atoms with van der Waals surface area (Å²) in [6.07, 6.45) is -5.64. The molecule has 0 heterocycles. The van der Waals surface area contributed by atoms with Gasteiger partial charge in [-0.3, -0.25) is 4.79 Å². The minimum absolute atomic E-state index is 0.0624. The van der Waals surface area contributed by atoms with E-state index >= 15 is 0 Å². The summed E-state index contributed by atoms with van der Waals surface area (Å²) in [6.45, 7) is 1.37. The fourth-order valence-corrected chi connectivity index (χ4v) is 1.93. The number of halogens is 5. The van der Waals surface area contributed by atoms with Crippen LogP contribution in [-0.2, 0) is 9.59 Å². The van der Waals surface area contributed by atoms with E-state index < -0.39 is 35.6 Å². The third kappa shape index (κ3) is 1.94. The SMILES string of the molecule is CCC1C(C(C=O)C(=O)C(F)(F)F)C1(F)F. The number of hydrogen-bond donors (Lipinski definition) is 0. The first-order valence-corrected chi connectivity index (χ1v) is 4.62. The molecule has 1 rings (SSSR count). The first-order valence-electron chi connectivity index (χ1n) is 4.62. The van der Waals surface area contributed by atoms with Crippen molar-refractivity contribution in [2.45, 2.75) is 25.4 Å². The van der Waals surface area contributed by atoms with Crippen molar-refractivity contribution in [3.63, 3.8) is 0 Å². The third-order valence-electron chi connectivity index (χ3n) is 2.82. The Hall–Kier alpha value is -1.01. The Morgan fingerprint density at radius 1 is 1.44 bits per heavy atom. The van der Waals surface area contributed by atoms with Gasteiger partial charge in [0.2, 0.25) is 5.78 Å². The maximum absolute atomic E-state index is 13.0. The van der Waals surface area contributed by atoms with Crippen molar-refractivity contribution >= 4 is 12.1 Å². The lowest BCUT2D eigenvalue weighted by Crippen LogP contribution is -2.34.